The molecule has 41 heavy (non-hydrogen) atoms. The number of halogens is 1. The quantitative estimate of drug-likeness (QED) is 0.262. The average Bonchev–Trinajstić information content (AvgIpc) is 2.95. The van der Waals surface area contributed by atoms with Crippen LogP contribution in [0.2, 0.25) is 0 Å². The number of carbonyl (C=O) groups excluding carboxylic acids is 2. The molecule has 3 rings (SSSR count). The van der Waals surface area contributed by atoms with Gasteiger partial charge in [0.15, 0.2) is 0 Å². The molecule has 220 valence electrons. The summed E-state index contributed by atoms with van der Waals surface area (Å²) < 4.78 is 33.7. The molecule has 0 fully saturated rings. The van der Waals surface area contributed by atoms with E-state index in [0.717, 1.165) is 32.6 Å². The molecule has 2 amide bonds. The first-order chi connectivity index (χ1) is 19.5. The van der Waals surface area contributed by atoms with E-state index in [2.05, 4.69) is 21.2 Å². The lowest BCUT2D eigenvalue weighted by Gasteiger charge is -2.34. The maximum atomic E-state index is 14.2. The number of ether oxygens (including phenoxy) is 1. The van der Waals surface area contributed by atoms with Gasteiger partial charge in [0.25, 0.3) is 0 Å². The van der Waals surface area contributed by atoms with Crippen LogP contribution in [0, 0.1) is 0 Å². The number of para-hydroxylation sites is 2. The molecule has 0 aliphatic heterocycles. The summed E-state index contributed by atoms with van der Waals surface area (Å²) >= 11 is 3.44. The zero-order valence-electron chi connectivity index (χ0n) is 23.9. The Labute approximate surface area is 251 Å². The van der Waals surface area contributed by atoms with E-state index >= 15 is 0 Å². The largest absolute Gasteiger partial charge is 0.492 e. The van der Waals surface area contributed by atoms with Gasteiger partial charge in [-0.3, -0.25) is 13.9 Å². The van der Waals surface area contributed by atoms with Crippen molar-refractivity contribution < 1.29 is 22.7 Å². The van der Waals surface area contributed by atoms with Crippen molar-refractivity contribution in [2.45, 2.75) is 52.2 Å². The summed E-state index contributed by atoms with van der Waals surface area (Å²) in [5.74, 6) is -0.456. The van der Waals surface area contributed by atoms with Crippen molar-refractivity contribution in [1.29, 1.82) is 0 Å². The molecule has 0 unspecified atom stereocenters. The summed E-state index contributed by atoms with van der Waals surface area (Å²) in [6, 6.07) is 22.7. The van der Waals surface area contributed by atoms with Crippen molar-refractivity contribution in [3.05, 3.63) is 94.5 Å². The first-order valence-corrected chi connectivity index (χ1v) is 16.2. The van der Waals surface area contributed by atoms with Gasteiger partial charge in [-0.15, -0.1) is 0 Å². The van der Waals surface area contributed by atoms with E-state index in [1.54, 1.807) is 31.2 Å². The van der Waals surface area contributed by atoms with Gasteiger partial charge in [0.05, 0.1) is 18.6 Å². The number of carbonyl (C=O) groups is 2. The van der Waals surface area contributed by atoms with Crippen LogP contribution in [0.3, 0.4) is 0 Å². The van der Waals surface area contributed by atoms with Gasteiger partial charge in [0, 0.05) is 23.5 Å². The molecule has 1 N–H and O–H groups in total. The Bertz CT molecular complexity index is 1400. The maximum Gasteiger partial charge on any atom is 0.244 e. The number of anilines is 1. The summed E-state index contributed by atoms with van der Waals surface area (Å²) in [6.07, 6.45) is 2.04. The van der Waals surface area contributed by atoms with E-state index in [1.165, 1.54) is 4.90 Å². The highest BCUT2D eigenvalue weighted by Gasteiger charge is 2.34. The standard InChI is InChI=1S/C31H38BrN3O5S/c1-5-23(3)33-31(37)28(20-24-12-8-7-9-13-24)34(21-25-16-18-26(32)19-17-25)30(36)22-35(41(4,38)39)27-14-10-11-15-29(27)40-6-2/h7-19,23,28H,5-6,20-22H2,1-4H3,(H,33,37)/t23-,28+/m0/s1. The summed E-state index contributed by atoms with van der Waals surface area (Å²) in [4.78, 5) is 29.4. The van der Waals surface area contributed by atoms with Crippen LogP contribution in [0.15, 0.2) is 83.3 Å². The highest BCUT2D eigenvalue weighted by Crippen LogP contribution is 2.30. The van der Waals surface area contributed by atoms with Gasteiger partial charge in [-0.1, -0.05) is 77.5 Å². The Balaban J connectivity index is 2.08. The van der Waals surface area contributed by atoms with E-state index in [1.807, 2.05) is 68.4 Å². The van der Waals surface area contributed by atoms with E-state index in [4.69, 9.17) is 4.74 Å². The molecule has 0 saturated carbocycles. The first-order valence-electron chi connectivity index (χ1n) is 13.6. The van der Waals surface area contributed by atoms with Gasteiger partial charge in [0.1, 0.15) is 18.3 Å². The summed E-state index contributed by atoms with van der Waals surface area (Å²) in [5, 5.41) is 3.03. The Morgan fingerprint density at radius 2 is 1.56 bits per heavy atom. The van der Waals surface area contributed by atoms with Gasteiger partial charge >= 0.3 is 0 Å². The Hall–Kier alpha value is -3.37. The Morgan fingerprint density at radius 3 is 2.17 bits per heavy atom. The van der Waals surface area contributed by atoms with E-state index in [0.29, 0.717) is 12.4 Å². The van der Waals surface area contributed by atoms with Gasteiger partial charge < -0.3 is 15.0 Å². The number of rotatable bonds is 14. The monoisotopic (exact) mass is 643 g/mol. The smallest absolute Gasteiger partial charge is 0.244 e. The molecule has 3 aromatic rings. The van der Waals surface area contributed by atoms with Crippen LogP contribution in [0.25, 0.3) is 0 Å². The average molecular weight is 645 g/mol. The van der Waals surface area contributed by atoms with Crippen molar-refractivity contribution in [3.8, 4) is 5.75 Å². The fourth-order valence-corrected chi connectivity index (χ4v) is 5.43. The fraction of sp³-hybridized carbons (Fsp3) is 0.355. The third kappa shape index (κ3) is 9.33. The van der Waals surface area contributed by atoms with Gasteiger partial charge in [-0.05, 0) is 55.7 Å². The number of nitrogens with one attached hydrogen (secondary N) is 1. The SMILES string of the molecule is CCOc1ccccc1N(CC(=O)N(Cc1ccc(Br)cc1)[C@H](Cc1ccccc1)C(=O)N[C@@H](C)CC)S(C)(=O)=O. The third-order valence-corrected chi connectivity index (χ3v) is 8.31. The molecule has 0 radical (unpaired) electrons. The molecule has 0 aliphatic carbocycles. The molecule has 0 aromatic heterocycles. The number of nitrogens with zero attached hydrogens (tertiary/aromatic N) is 2. The molecule has 8 nitrogen and oxygen atoms in total. The predicted octanol–water partition coefficient (Wildman–Crippen LogP) is 5.17. The van der Waals surface area contributed by atoms with Crippen molar-refractivity contribution in [2.24, 2.45) is 0 Å². The van der Waals surface area contributed by atoms with E-state index < -0.39 is 28.5 Å². The number of amides is 2. The minimum absolute atomic E-state index is 0.101. The van der Waals surface area contributed by atoms with E-state index in [-0.39, 0.29) is 30.6 Å². The van der Waals surface area contributed by atoms with Gasteiger partial charge in [-0.2, -0.15) is 0 Å². The van der Waals surface area contributed by atoms with Crippen LogP contribution in [0.4, 0.5) is 5.69 Å². The van der Waals surface area contributed by atoms with Crippen LogP contribution in [0.1, 0.15) is 38.3 Å². The second-order valence-corrected chi connectivity index (χ2v) is 12.7. The number of sulfonamides is 1. The summed E-state index contributed by atoms with van der Waals surface area (Å²) in [5.41, 5.74) is 1.95. The third-order valence-electron chi connectivity index (χ3n) is 6.65. The minimum Gasteiger partial charge on any atom is -0.492 e. The zero-order valence-corrected chi connectivity index (χ0v) is 26.3. The molecular formula is C31H38BrN3O5S. The molecule has 0 heterocycles. The number of hydrogen-bond acceptors (Lipinski definition) is 5. The van der Waals surface area contributed by atoms with Crippen molar-refractivity contribution >= 4 is 43.5 Å². The molecule has 0 aliphatic rings. The Kier molecular flexibility index (Phi) is 11.8. The fourth-order valence-electron chi connectivity index (χ4n) is 4.32. The highest BCUT2D eigenvalue weighted by molar-refractivity contribution is 9.10. The number of hydrogen-bond donors (Lipinski definition) is 1. The molecule has 0 spiro atoms. The normalized spacial score (nSPS) is 12.7. The van der Waals surface area contributed by atoms with Crippen LogP contribution in [-0.2, 0) is 32.6 Å². The van der Waals surface area contributed by atoms with Crippen LogP contribution in [0.5, 0.6) is 5.75 Å². The maximum absolute atomic E-state index is 14.2. The van der Waals surface area contributed by atoms with Crippen LogP contribution >= 0.6 is 15.9 Å². The summed E-state index contributed by atoms with van der Waals surface area (Å²) in [6.45, 7) is 5.63. The summed E-state index contributed by atoms with van der Waals surface area (Å²) in [7, 11) is -3.89. The zero-order chi connectivity index (χ0) is 30.0. The second kappa shape index (κ2) is 15.0. The highest BCUT2D eigenvalue weighted by atomic mass is 79.9. The first kappa shape index (κ1) is 32.1. The lowest BCUT2D eigenvalue weighted by Crippen LogP contribution is -2.54. The second-order valence-electron chi connectivity index (χ2n) is 9.84. The van der Waals surface area contributed by atoms with E-state index in [9.17, 15) is 18.0 Å². The molecule has 0 saturated heterocycles. The van der Waals surface area contributed by atoms with Crippen molar-refractivity contribution in [1.82, 2.24) is 10.2 Å². The molecule has 10 heteroatoms. The molecule has 0 bridgehead atoms. The van der Waals surface area contributed by atoms with Gasteiger partial charge in [-0.25, -0.2) is 8.42 Å². The van der Waals surface area contributed by atoms with Crippen molar-refractivity contribution in [2.75, 3.05) is 23.7 Å². The van der Waals surface area contributed by atoms with Crippen molar-refractivity contribution in [3.63, 3.8) is 0 Å². The van der Waals surface area contributed by atoms with Gasteiger partial charge in [0.2, 0.25) is 21.8 Å². The molecular weight excluding hydrogens is 606 g/mol. The molecule has 2 atom stereocenters. The lowest BCUT2D eigenvalue weighted by atomic mass is 10.0. The topological polar surface area (TPSA) is 96.0 Å². The predicted molar refractivity (Wildman–Crippen MR) is 166 cm³/mol. The van der Waals surface area contributed by atoms with Crippen LogP contribution in [-0.4, -0.2) is 56.6 Å². The lowest BCUT2D eigenvalue weighted by molar-refractivity contribution is -0.140. The Morgan fingerprint density at radius 1 is 0.927 bits per heavy atom. The minimum atomic E-state index is -3.89. The van der Waals surface area contributed by atoms with Crippen LogP contribution < -0.4 is 14.4 Å². The number of benzene rings is 3. The molecule has 3 aromatic carbocycles.